The number of alkyl halides is 3. The molecule has 33 heavy (non-hydrogen) atoms. The number of hydrogen-bond donors (Lipinski definition) is 0. The fraction of sp³-hybridized carbons (Fsp3) is 0.455. The number of nitrogens with zero attached hydrogens (tertiary/aromatic N) is 4. The minimum Gasteiger partial charge on any atom is -0.453 e. The Morgan fingerprint density at radius 2 is 1.82 bits per heavy atom. The van der Waals surface area contributed by atoms with Crippen LogP contribution in [-0.4, -0.2) is 67.5 Å². The summed E-state index contributed by atoms with van der Waals surface area (Å²) in [5, 5.41) is 8.95. The highest BCUT2D eigenvalue weighted by atomic mass is 19.4. The molecule has 2 aliphatic heterocycles. The summed E-state index contributed by atoms with van der Waals surface area (Å²) in [5.74, 6) is -1.31. The Hall–Kier alpha value is -3.39. The summed E-state index contributed by atoms with van der Waals surface area (Å²) in [7, 11) is 1.33. The van der Waals surface area contributed by atoms with Gasteiger partial charge in [0.15, 0.2) is 0 Å². The van der Waals surface area contributed by atoms with Crippen molar-refractivity contribution in [2.45, 2.75) is 25.9 Å². The molecule has 1 aromatic carbocycles. The van der Waals surface area contributed by atoms with Crippen molar-refractivity contribution >= 4 is 23.6 Å². The second-order valence-electron chi connectivity index (χ2n) is 7.79. The summed E-state index contributed by atoms with van der Waals surface area (Å²) in [6.45, 7) is 4.48. The maximum absolute atomic E-state index is 13.3. The topological polar surface area (TPSA) is 93.9 Å². The number of imide groups is 1. The van der Waals surface area contributed by atoms with Crippen molar-refractivity contribution < 1.29 is 32.3 Å². The predicted molar refractivity (Wildman–Crippen MR) is 111 cm³/mol. The number of halogens is 3. The summed E-state index contributed by atoms with van der Waals surface area (Å²) in [4.78, 5) is 41.6. The number of rotatable bonds is 5. The molecule has 1 aromatic rings. The van der Waals surface area contributed by atoms with Crippen LogP contribution in [0.5, 0.6) is 0 Å². The van der Waals surface area contributed by atoms with Crippen molar-refractivity contribution in [2.75, 3.05) is 44.7 Å². The summed E-state index contributed by atoms with van der Waals surface area (Å²) in [5.41, 5.74) is -1.52. The zero-order valence-corrected chi connectivity index (χ0v) is 18.2. The van der Waals surface area contributed by atoms with Gasteiger partial charge in [0.05, 0.1) is 30.0 Å². The highest BCUT2D eigenvalue weighted by Gasteiger charge is 2.39. The van der Waals surface area contributed by atoms with Crippen LogP contribution in [0, 0.1) is 11.3 Å². The monoisotopic (exact) mass is 464 g/mol. The van der Waals surface area contributed by atoms with E-state index in [1.807, 2.05) is 0 Å². The standard InChI is InChI=1S/C22H23F3N4O4/c1-14-17(4-3-7-27-8-10-28(11-9-27)21(32)33-2)20(31)29(19(14)30)16-6-5-15(13-26)18(12-16)22(23,24)25/h5-6,12H,3-4,7-11H2,1-2H3. The quantitative estimate of drug-likeness (QED) is 0.622. The van der Waals surface area contributed by atoms with Crippen molar-refractivity contribution in [3.05, 3.63) is 40.5 Å². The minimum absolute atomic E-state index is 0.202. The van der Waals surface area contributed by atoms with Crippen LogP contribution in [0.15, 0.2) is 29.3 Å². The van der Waals surface area contributed by atoms with Crippen molar-refractivity contribution in [1.29, 1.82) is 5.26 Å². The zero-order chi connectivity index (χ0) is 24.3. The average molecular weight is 464 g/mol. The third kappa shape index (κ3) is 5.01. The summed E-state index contributed by atoms with van der Waals surface area (Å²) < 4.78 is 44.6. The molecule has 8 nitrogen and oxygen atoms in total. The van der Waals surface area contributed by atoms with E-state index in [0.717, 1.165) is 11.0 Å². The summed E-state index contributed by atoms with van der Waals surface area (Å²) in [6.07, 6.45) is -4.30. The first kappa shape index (κ1) is 24.3. The third-order valence-electron chi connectivity index (χ3n) is 5.83. The van der Waals surface area contributed by atoms with E-state index in [1.54, 1.807) is 4.90 Å². The van der Waals surface area contributed by atoms with E-state index in [2.05, 4.69) is 4.90 Å². The van der Waals surface area contributed by atoms with Gasteiger partial charge in [-0.2, -0.15) is 18.4 Å². The molecule has 0 aromatic heterocycles. The molecule has 3 amide bonds. The van der Waals surface area contributed by atoms with Gasteiger partial charge in [0.2, 0.25) is 0 Å². The number of amides is 3. The van der Waals surface area contributed by atoms with Crippen molar-refractivity contribution in [1.82, 2.24) is 9.80 Å². The molecule has 11 heteroatoms. The fourth-order valence-corrected chi connectivity index (χ4v) is 3.98. The summed E-state index contributed by atoms with van der Waals surface area (Å²) >= 11 is 0. The molecule has 1 saturated heterocycles. The van der Waals surface area contributed by atoms with E-state index in [0.29, 0.717) is 51.6 Å². The predicted octanol–water partition coefficient (Wildman–Crippen LogP) is 2.93. The molecule has 0 unspecified atom stereocenters. The molecular weight excluding hydrogens is 441 g/mol. The fourth-order valence-electron chi connectivity index (χ4n) is 3.98. The van der Waals surface area contributed by atoms with Crippen molar-refractivity contribution in [2.24, 2.45) is 0 Å². The Kier molecular flexibility index (Phi) is 7.07. The van der Waals surface area contributed by atoms with E-state index in [-0.39, 0.29) is 22.9 Å². The number of piperazine rings is 1. The van der Waals surface area contributed by atoms with Crippen LogP contribution in [0.3, 0.4) is 0 Å². The Bertz CT molecular complexity index is 1040. The highest BCUT2D eigenvalue weighted by molar-refractivity contribution is 6.32. The van der Waals surface area contributed by atoms with Gasteiger partial charge in [0, 0.05) is 37.3 Å². The van der Waals surface area contributed by atoms with Crippen molar-refractivity contribution in [3.63, 3.8) is 0 Å². The smallest absolute Gasteiger partial charge is 0.417 e. The van der Waals surface area contributed by atoms with Gasteiger partial charge in [-0.3, -0.25) is 14.5 Å². The van der Waals surface area contributed by atoms with E-state index in [4.69, 9.17) is 10.00 Å². The molecule has 0 spiro atoms. The van der Waals surface area contributed by atoms with Gasteiger partial charge in [0.1, 0.15) is 0 Å². The van der Waals surface area contributed by atoms with Gasteiger partial charge in [0.25, 0.3) is 11.8 Å². The van der Waals surface area contributed by atoms with Crippen LogP contribution in [0.2, 0.25) is 0 Å². The van der Waals surface area contributed by atoms with Gasteiger partial charge in [-0.1, -0.05) is 0 Å². The molecule has 0 bridgehead atoms. The number of benzene rings is 1. The number of anilines is 1. The van der Waals surface area contributed by atoms with Crippen LogP contribution < -0.4 is 4.90 Å². The lowest BCUT2D eigenvalue weighted by atomic mass is 10.1. The molecule has 0 radical (unpaired) electrons. The van der Waals surface area contributed by atoms with Crippen LogP contribution in [0.1, 0.15) is 30.9 Å². The number of carbonyl (C=O) groups is 3. The van der Waals surface area contributed by atoms with E-state index in [1.165, 1.54) is 26.2 Å². The van der Waals surface area contributed by atoms with E-state index < -0.39 is 29.1 Å². The van der Waals surface area contributed by atoms with Gasteiger partial charge < -0.3 is 9.64 Å². The molecule has 0 atom stereocenters. The lowest BCUT2D eigenvalue weighted by molar-refractivity contribution is -0.138. The molecule has 0 N–H and O–H groups in total. The third-order valence-corrected chi connectivity index (χ3v) is 5.83. The molecule has 176 valence electrons. The number of methoxy groups -OCH3 is 1. The summed E-state index contributed by atoms with van der Waals surface area (Å²) in [6, 6.07) is 4.26. The molecule has 0 aliphatic carbocycles. The Balaban J connectivity index is 1.65. The molecule has 2 aliphatic rings. The normalized spacial score (nSPS) is 17.6. The molecular formula is C22H23F3N4O4. The maximum Gasteiger partial charge on any atom is 0.417 e. The first-order valence-corrected chi connectivity index (χ1v) is 10.3. The lowest BCUT2D eigenvalue weighted by Crippen LogP contribution is -2.48. The van der Waals surface area contributed by atoms with Gasteiger partial charge in [-0.15, -0.1) is 0 Å². The maximum atomic E-state index is 13.3. The van der Waals surface area contributed by atoms with Gasteiger partial charge in [-0.05, 0) is 44.5 Å². The molecule has 2 heterocycles. The molecule has 0 saturated carbocycles. The number of hydrogen-bond acceptors (Lipinski definition) is 6. The lowest BCUT2D eigenvalue weighted by Gasteiger charge is -2.33. The Morgan fingerprint density at radius 3 is 2.39 bits per heavy atom. The SMILES string of the molecule is COC(=O)N1CCN(CCCC2=C(C)C(=O)N(c3ccc(C#N)c(C(F)(F)F)c3)C2=O)CC1. The number of carbonyl (C=O) groups excluding carboxylic acids is 3. The van der Waals surface area contributed by atoms with Crippen LogP contribution in [0.25, 0.3) is 0 Å². The second-order valence-corrected chi connectivity index (χ2v) is 7.79. The van der Waals surface area contributed by atoms with Crippen LogP contribution >= 0.6 is 0 Å². The largest absolute Gasteiger partial charge is 0.453 e. The number of nitriles is 1. The first-order chi connectivity index (χ1) is 15.6. The Labute approximate surface area is 188 Å². The Morgan fingerprint density at radius 1 is 1.15 bits per heavy atom. The minimum atomic E-state index is -4.80. The van der Waals surface area contributed by atoms with Crippen LogP contribution in [0.4, 0.5) is 23.7 Å². The van der Waals surface area contributed by atoms with E-state index in [9.17, 15) is 27.6 Å². The molecule has 3 rings (SSSR count). The van der Waals surface area contributed by atoms with Gasteiger partial charge in [-0.25, -0.2) is 9.69 Å². The zero-order valence-electron chi connectivity index (χ0n) is 18.2. The van der Waals surface area contributed by atoms with E-state index >= 15 is 0 Å². The van der Waals surface area contributed by atoms with Gasteiger partial charge >= 0.3 is 12.3 Å². The van der Waals surface area contributed by atoms with Crippen molar-refractivity contribution in [3.8, 4) is 6.07 Å². The number of ether oxygens (including phenoxy) is 1. The highest BCUT2D eigenvalue weighted by Crippen LogP contribution is 2.36. The second kappa shape index (κ2) is 9.62. The molecule has 1 fully saturated rings. The first-order valence-electron chi connectivity index (χ1n) is 10.3. The average Bonchev–Trinajstić information content (AvgIpc) is 3.01. The van der Waals surface area contributed by atoms with Crippen LogP contribution in [-0.2, 0) is 20.5 Å².